The van der Waals surface area contributed by atoms with Crippen molar-refractivity contribution in [2.45, 2.75) is 10.0 Å². The van der Waals surface area contributed by atoms with Gasteiger partial charge < -0.3 is 24.8 Å². The van der Waals surface area contributed by atoms with Gasteiger partial charge in [-0.3, -0.25) is 0 Å². The second kappa shape index (κ2) is 9.08. The number of halogens is 3. The number of rotatable bonds is 2. The molecule has 0 N–H and O–H groups in total. The second-order valence-corrected chi connectivity index (χ2v) is 15.7. The van der Waals surface area contributed by atoms with Gasteiger partial charge in [0.2, 0.25) is 0 Å². The number of fused-ring (bicyclic) bond motifs is 6. The minimum atomic E-state index is -2.48. The van der Waals surface area contributed by atoms with Crippen LogP contribution in [0.25, 0.3) is 22.3 Å². The van der Waals surface area contributed by atoms with Crippen molar-refractivity contribution in [1.29, 1.82) is 0 Å². The molecule has 0 aliphatic heterocycles. The molecule has 4 aromatic rings. The molecule has 0 saturated carbocycles. The monoisotopic (exact) mass is 601 g/mol. The van der Waals surface area contributed by atoms with E-state index in [2.05, 4.69) is 93.8 Å². The molecule has 0 radical (unpaired) electrons. The Kier molecular flexibility index (Phi) is 6.78. The Hall–Kier alpha value is -1.03. The quantitative estimate of drug-likeness (QED) is 0.292. The van der Waals surface area contributed by atoms with Crippen molar-refractivity contribution < 1.29 is 44.5 Å². The molecule has 0 saturated heterocycles. The van der Waals surface area contributed by atoms with Crippen molar-refractivity contribution in [2.75, 3.05) is 0 Å². The zero-order chi connectivity index (χ0) is 19.5. The summed E-state index contributed by atoms with van der Waals surface area (Å²) in [7, 11) is 6.44. The van der Waals surface area contributed by atoms with Crippen LogP contribution in [0.15, 0.2) is 83.6 Å². The van der Waals surface area contributed by atoms with Gasteiger partial charge in [-0.25, -0.2) is 0 Å². The van der Waals surface area contributed by atoms with Crippen LogP contribution in [0.3, 0.4) is 0 Å². The van der Waals surface area contributed by atoms with Gasteiger partial charge in [-0.1, -0.05) is 0 Å². The molecule has 6 rings (SSSR count). The SMILES string of the molecule is [Cl-].[Cl-].[S]=[Zr+2]([c]1cncc2c1Cc1cc(Br)ccc1-2)[CH]1c2ccccc2-c2ccccc21. The molecule has 1 aromatic heterocycles. The molecule has 2 aliphatic carbocycles. The first-order valence-electron chi connectivity index (χ1n) is 9.70. The molecule has 3 aromatic carbocycles. The second-order valence-electron chi connectivity index (χ2n) is 7.66. The van der Waals surface area contributed by atoms with E-state index in [4.69, 9.17) is 8.86 Å². The van der Waals surface area contributed by atoms with Gasteiger partial charge in [-0.15, -0.1) is 0 Å². The van der Waals surface area contributed by atoms with Crippen LogP contribution in [0.1, 0.15) is 25.9 Å². The van der Waals surface area contributed by atoms with Crippen molar-refractivity contribution in [2.24, 2.45) is 0 Å². The summed E-state index contributed by atoms with van der Waals surface area (Å²) in [5.41, 5.74) is 11.0. The third kappa shape index (κ3) is 3.65. The summed E-state index contributed by atoms with van der Waals surface area (Å²) in [6.45, 7) is 0. The fraction of sp³-hybridized carbons (Fsp3) is 0.0800. The zero-order valence-corrected chi connectivity index (χ0v) is 22.7. The minimum absolute atomic E-state index is 0. The summed E-state index contributed by atoms with van der Waals surface area (Å²) in [4.78, 5) is 4.65. The van der Waals surface area contributed by atoms with Crippen molar-refractivity contribution >= 4 is 28.1 Å². The Morgan fingerprint density at radius 2 is 1.45 bits per heavy atom. The third-order valence-electron chi connectivity index (χ3n) is 6.14. The van der Waals surface area contributed by atoms with E-state index in [1.165, 1.54) is 47.8 Å². The molecular formula is C25H16BrCl2NSZr. The molecule has 0 amide bonds. The topological polar surface area (TPSA) is 12.9 Å². The molecule has 6 heteroatoms. The normalized spacial score (nSPS) is 12.4. The average Bonchev–Trinajstić information content (AvgIpc) is 3.28. The van der Waals surface area contributed by atoms with Gasteiger partial charge in [-0.2, -0.15) is 0 Å². The number of hydrogen-bond acceptors (Lipinski definition) is 2. The molecule has 2 aliphatic rings. The fourth-order valence-electron chi connectivity index (χ4n) is 4.88. The first kappa shape index (κ1) is 23.1. The van der Waals surface area contributed by atoms with E-state index in [1.54, 1.807) is 0 Å². The maximum atomic E-state index is 6.44. The van der Waals surface area contributed by atoms with Crippen LogP contribution in [0.5, 0.6) is 0 Å². The van der Waals surface area contributed by atoms with E-state index < -0.39 is 19.7 Å². The Balaban J connectivity index is 0.00000116. The summed E-state index contributed by atoms with van der Waals surface area (Å²) in [5.74, 6) is 0. The molecule has 31 heavy (non-hydrogen) atoms. The molecular weight excluding hydrogens is 588 g/mol. The summed E-state index contributed by atoms with van der Waals surface area (Å²) < 4.78 is 2.90. The van der Waals surface area contributed by atoms with E-state index in [0.717, 1.165) is 10.9 Å². The summed E-state index contributed by atoms with van der Waals surface area (Å²) >= 11 is 1.15. The first-order chi connectivity index (χ1) is 14.2. The molecule has 1 heterocycles. The number of hydrogen-bond donors (Lipinski definition) is 0. The fourth-order valence-corrected chi connectivity index (χ4v) is 13.0. The average molecular weight is 605 g/mol. The molecule has 0 atom stereocenters. The van der Waals surface area contributed by atoms with Crippen LogP contribution in [0, 0.1) is 0 Å². The summed E-state index contributed by atoms with van der Waals surface area (Å²) in [5, 5.41) is 0. The van der Waals surface area contributed by atoms with Crippen LogP contribution in [0.4, 0.5) is 0 Å². The molecule has 0 fully saturated rings. The van der Waals surface area contributed by atoms with Crippen LogP contribution >= 0.6 is 24.8 Å². The Morgan fingerprint density at radius 1 is 0.806 bits per heavy atom. The standard InChI is InChI=1S/C13H9.C12H7BrN.2ClH.S.Zr/c1-3-7-12-10(5-1)9-11-6-2-4-8-13(11)12;13-10-1-2-11-9(6-10)5-8-3-4-14-7-12(8)11;;;;/h1-9H;1-2,4,6-7H,5H2;2*1H;;/q;;;;;+2/p-2. The van der Waals surface area contributed by atoms with Gasteiger partial charge in [0.15, 0.2) is 0 Å². The summed E-state index contributed by atoms with van der Waals surface area (Å²) in [6, 6.07) is 24.2. The van der Waals surface area contributed by atoms with E-state index in [-0.39, 0.29) is 24.8 Å². The number of pyridine rings is 1. The van der Waals surface area contributed by atoms with Crippen molar-refractivity contribution in [3.05, 3.63) is 106 Å². The molecule has 0 bridgehead atoms. The Bertz CT molecular complexity index is 1300. The van der Waals surface area contributed by atoms with Gasteiger partial charge in [0, 0.05) is 0 Å². The Morgan fingerprint density at radius 3 is 2.13 bits per heavy atom. The van der Waals surface area contributed by atoms with Gasteiger partial charge >= 0.3 is 191 Å². The molecule has 1 nitrogen and oxygen atoms in total. The van der Waals surface area contributed by atoms with Gasteiger partial charge in [0.05, 0.1) is 0 Å². The Labute approximate surface area is 213 Å². The first-order valence-corrected chi connectivity index (χ1v) is 16.6. The predicted octanol–water partition coefficient (Wildman–Crippen LogP) is 0.549. The molecule has 0 unspecified atom stereocenters. The van der Waals surface area contributed by atoms with Crippen LogP contribution in [-0.4, -0.2) is 4.98 Å². The third-order valence-corrected chi connectivity index (χ3v) is 14.5. The zero-order valence-electron chi connectivity index (χ0n) is 16.3. The number of nitrogens with zero attached hydrogens (tertiary/aromatic N) is 1. The van der Waals surface area contributed by atoms with E-state index in [0.29, 0.717) is 3.63 Å². The van der Waals surface area contributed by atoms with E-state index in [1.807, 2.05) is 6.20 Å². The predicted molar refractivity (Wildman–Crippen MR) is 121 cm³/mol. The van der Waals surface area contributed by atoms with Crippen LogP contribution in [-0.2, 0) is 26.1 Å². The van der Waals surface area contributed by atoms with Crippen LogP contribution < -0.4 is 28.1 Å². The number of aromatic nitrogens is 1. The molecule has 152 valence electrons. The van der Waals surface area contributed by atoms with Crippen LogP contribution in [0.2, 0.25) is 0 Å². The van der Waals surface area contributed by atoms with Crippen molar-refractivity contribution in [1.82, 2.24) is 4.98 Å². The molecule has 0 spiro atoms. The van der Waals surface area contributed by atoms with Gasteiger partial charge in [0.25, 0.3) is 0 Å². The maximum absolute atomic E-state index is 6.44. The van der Waals surface area contributed by atoms with Crippen molar-refractivity contribution in [3.63, 3.8) is 0 Å². The van der Waals surface area contributed by atoms with Crippen molar-refractivity contribution in [3.8, 4) is 22.3 Å². The van der Waals surface area contributed by atoms with Gasteiger partial charge in [0.1, 0.15) is 0 Å². The number of benzene rings is 3. The van der Waals surface area contributed by atoms with Gasteiger partial charge in [-0.05, 0) is 0 Å². The van der Waals surface area contributed by atoms with E-state index in [9.17, 15) is 0 Å². The summed E-state index contributed by atoms with van der Waals surface area (Å²) in [6.07, 6.45) is 5.09. The van der Waals surface area contributed by atoms with E-state index >= 15 is 0 Å².